The molecule has 2 aromatic carbocycles. The molecule has 6 heteroatoms. The average Bonchev–Trinajstić information content (AvgIpc) is 2.73. The predicted molar refractivity (Wildman–Crippen MR) is 106 cm³/mol. The van der Waals surface area contributed by atoms with Crippen molar-refractivity contribution in [1.29, 1.82) is 0 Å². The number of rotatable bonds is 8. The third kappa shape index (κ3) is 5.38. The Morgan fingerprint density at radius 3 is 1.89 bits per heavy atom. The van der Waals surface area contributed by atoms with Crippen LogP contribution in [0.1, 0.15) is 11.1 Å². The maximum Gasteiger partial charge on any atom is 0.186 e. The molecule has 1 N–H and O–H groups in total. The second-order valence-electron chi connectivity index (χ2n) is 6.45. The van der Waals surface area contributed by atoms with Crippen LogP contribution in [0.15, 0.2) is 60.7 Å². The molecule has 5 nitrogen and oxygen atoms in total. The number of benzene rings is 2. The van der Waals surface area contributed by atoms with Gasteiger partial charge < -0.3 is 24.1 Å². The first kappa shape index (κ1) is 20.5. The number of aliphatic hydroxyl groups excluding tert-OH is 1. The summed E-state index contributed by atoms with van der Waals surface area (Å²) in [6.45, 7) is 0.755. The Hall–Kier alpha value is -1.28. The lowest BCUT2D eigenvalue weighted by molar-refractivity contribution is -0.305. The molecule has 0 spiro atoms. The lowest BCUT2D eigenvalue weighted by Gasteiger charge is -2.43. The van der Waals surface area contributed by atoms with Crippen LogP contribution in [-0.4, -0.2) is 48.3 Å². The molecule has 0 bridgehead atoms. The second kappa shape index (κ2) is 10.3. The van der Waals surface area contributed by atoms with Crippen LogP contribution in [0.5, 0.6) is 0 Å². The van der Waals surface area contributed by atoms with Crippen molar-refractivity contribution in [2.24, 2.45) is 0 Å². The van der Waals surface area contributed by atoms with Crippen molar-refractivity contribution in [1.82, 2.24) is 0 Å². The van der Waals surface area contributed by atoms with Gasteiger partial charge in [0.15, 0.2) is 6.29 Å². The number of alkyl halides is 1. The van der Waals surface area contributed by atoms with Crippen LogP contribution in [0.25, 0.3) is 0 Å². The molecule has 1 saturated heterocycles. The summed E-state index contributed by atoms with van der Waals surface area (Å²) in [5, 5.41) is 11.2. The summed E-state index contributed by atoms with van der Waals surface area (Å²) < 4.78 is 23.5. The highest BCUT2D eigenvalue weighted by Crippen LogP contribution is 2.29. The van der Waals surface area contributed by atoms with Crippen LogP contribution in [-0.2, 0) is 32.2 Å². The van der Waals surface area contributed by atoms with Crippen molar-refractivity contribution < 1.29 is 24.1 Å². The van der Waals surface area contributed by atoms with E-state index < -0.39 is 30.7 Å². The fourth-order valence-corrected chi connectivity index (χ4v) is 3.64. The van der Waals surface area contributed by atoms with Gasteiger partial charge >= 0.3 is 0 Å². The maximum absolute atomic E-state index is 10.8. The van der Waals surface area contributed by atoms with Gasteiger partial charge in [-0.1, -0.05) is 76.6 Å². The SMILES string of the molecule is CO[C@H]1O[C@H](CBr)[C@@H](O)[C@H](OCc2ccccc2)[C@H]1OCc1ccccc1. The Kier molecular flexibility index (Phi) is 7.81. The van der Waals surface area contributed by atoms with E-state index in [1.54, 1.807) is 7.11 Å². The van der Waals surface area contributed by atoms with E-state index in [1.165, 1.54) is 0 Å². The monoisotopic (exact) mass is 436 g/mol. The van der Waals surface area contributed by atoms with E-state index in [9.17, 15) is 5.11 Å². The van der Waals surface area contributed by atoms with Gasteiger partial charge in [0.25, 0.3) is 0 Å². The summed E-state index contributed by atoms with van der Waals surface area (Å²) in [6, 6.07) is 19.7. The van der Waals surface area contributed by atoms with Crippen molar-refractivity contribution >= 4 is 15.9 Å². The van der Waals surface area contributed by atoms with Crippen LogP contribution in [0, 0.1) is 0 Å². The first-order valence-electron chi connectivity index (χ1n) is 8.96. The summed E-state index contributed by atoms with van der Waals surface area (Å²) in [7, 11) is 1.57. The number of hydrogen-bond donors (Lipinski definition) is 1. The van der Waals surface area contributed by atoms with Gasteiger partial charge in [0, 0.05) is 12.4 Å². The van der Waals surface area contributed by atoms with Gasteiger partial charge in [0.1, 0.15) is 18.3 Å². The third-order valence-electron chi connectivity index (χ3n) is 4.57. The van der Waals surface area contributed by atoms with Gasteiger partial charge in [-0.2, -0.15) is 0 Å². The van der Waals surface area contributed by atoms with E-state index in [-0.39, 0.29) is 0 Å². The Morgan fingerprint density at radius 2 is 1.41 bits per heavy atom. The van der Waals surface area contributed by atoms with Crippen LogP contribution < -0.4 is 0 Å². The molecule has 1 aliphatic heterocycles. The highest BCUT2D eigenvalue weighted by atomic mass is 79.9. The lowest BCUT2D eigenvalue weighted by atomic mass is 9.99. The molecule has 0 aromatic heterocycles. The molecule has 0 aliphatic carbocycles. The van der Waals surface area contributed by atoms with Crippen molar-refractivity contribution in [2.45, 2.75) is 43.9 Å². The molecule has 0 saturated carbocycles. The molecule has 5 atom stereocenters. The number of hydrogen-bond acceptors (Lipinski definition) is 5. The van der Waals surface area contributed by atoms with Gasteiger partial charge in [-0.3, -0.25) is 0 Å². The Labute approximate surface area is 168 Å². The predicted octanol–water partition coefficient (Wildman–Crippen LogP) is 3.28. The van der Waals surface area contributed by atoms with Crippen LogP contribution in [0.4, 0.5) is 0 Å². The maximum atomic E-state index is 10.8. The van der Waals surface area contributed by atoms with Crippen LogP contribution in [0.2, 0.25) is 0 Å². The van der Waals surface area contributed by atoms with Gasteiger partial charge in [0.2, 0.25) is 0 Å². The average molecular weight is 437 g/mol. The molecular weight excluding hydrogens is 412 g/mol. The molecule has 146 valence electrons. The zero-order valence-electron chi connectivity index (χ0n) is 15.2. The van der Waals surface area contributed by atoms with E-state index in [4.69, 9.17) is 18.9 Å². The molecule has 27 heavy (non-hydrogen) atoms. The number of halogens is 1. The largest absolute Gasteiger partial charge is 0.388 e. The van der Waals surface area contributed by atoms with E-state index >= 15 is 0 Å². The summed E-state index contributed by atoms with van der Waals surface area (Å²) in [4.78, 5) is 0. The first-order chi connectivity index (χ1) is 13.2. The topological polar surface area (TPSA) is 57.2 Å². The quantitative estimate of drug-likeness (QED) is 0.643. The summed E-state index contributed by atoms with van der Waals surface area (Å²) in [5.41, 5.74) is 2.06. The molecule has 1 fully saturated rings. The third-order valence-corrected chi connectivity index (χ3v) is 5.21. The first-order valence-corrected chi connectivity index (χ1v) is 10.1. The smallest absolute Gasteiger partial charge is 0.186 e. The van der Waals surface area contributed by atoms with E-state index in [2.05, 4.69) is 15.9 Å². The molecular formula is C21H25BrO5. The Bertz CT molecular complexity index is 669. The van der Waals surface area contributed by atoms with Crippen LogP contribution in [0.3, 0.4) is 0 Å². The highest BCUT2D eigenvalue weighted by molar-refractivity contribution is 9.09. The van der Waals surface area contributed by atoms with Gasteiger partial charge in [-0.25, -0.2) is 0 Å². The number of ether oxygens (including phenoxy) is 4. The zero-order chi connectivity index (χ0) is 19.1. The molecule has 2 aromatic rings. The Morgan fingerprint density at radius 1 is 0.889 bits per heavy atom. The normalized spacial score (nSPS) is 28.2. The molecule has 0 unspecified atom stereocenters. The van der Waals surface area contributed by atoms with Crippen molar-refractivity contribution in [3.63, 3.8) is 0 Å². The second-order valence-corrected chi connectivity index (χ2v) is 7.09. The Balaban J connectivity index is 1.73. The van der Waals surface area contributed by atoms with Gasteiger partial charge in [0.05, 0.1) is 19.3 Å². The minimum atomic E-state index is -0.833. The summed E-state index contributed by atoms with van der Waals surface area (Å²) in [6.07, 6.45) is -3.02. The standard InChI is InChI=1S/C21H25BrO5/c1-24-21-20(26-14-16-10-6-3-7-11-16)19(18(23)17(12-22)27-21)25-13-15-8-4-2-5-9-15/h2-11,17-21,23H,12-14H2,1H3/t17-,18-,19+,20-,21+/m1/s1. The highest BCUT2D eigenvalue weighted by Gasteiger charge is 2.46. The number of aliphatic hydroxyl groups is 1. The summed E-state index contributed by atoms with van der Waals surface area (Å²) in [5.74, 6) is 0. The van der Waals surface area contributed by atoms with E-state index in [1.807, 2.05) is 60.7 Å². The fraction of sp³-hybridized carbons (Fsp3) is 0.429. The molecule has 1 aliphatic rings. The molecule has 1 heterocycles. The molecule has 0 radical (unpaired) electrons. The van der Waals surface area contributed by atoms with Crippen LogP contribution >= 0.6 is 15.9 Å². The zero-order valence-corrected chi connectivity index (χ0v) is 16.8. The van der Waals surface area contributed by atoms with Gasteiger partial charge in [-0.05, 0) is 11.1 Å². The lowest BCUT2D eigenvalue weighted by Crippen LogP contribution is -2.60. The summed E-state index contributed by atoms with van der Waals surface area (Å²) >= 11 is 3.39. The minimum absolute atomic E-state index is 0.374. The van der Waals surface area contributed by atoms with Gasteiger partial charge in [-0.15, -0.1) is 0 Å². The van der Waals surface area contributed by atoms with Crippen molar-refractivity contribution in [3.8, 4) is 0 Å². The fourth-order valence-electron chi connectivity index (χ4n) is 3.11. The van der Waals surface area contributed by atoms with E-state index in [0.717, 1.165) is 11.1 Å². The minimum Gasteiger partial charge on any atom is -0.388 e. The number of methoxy groups -OCH3 is 1. The molecule has 0 amide bonds. The van der Waals surface area contributed by atoms with Crippen molar-refractivity contribution in [3.05, 3.63) is 71.8 Å². The van der Waals surface area contributed by atoms with Crippen molar-refractivity contribution in [2.75, 3.05) is 12.4 Å². The molecule has 3 rings (SSSR count). The van der Waals surface area contributed by atoms with E-state index in [0.29, 0.717) is 18.5 Å².